The molecular weight excluding hydrogens is 262 g/mol. The van der Waals surface area contributed by atoms with E-state index in [0.29, 0.717) is 11.6 Å². The molecule has 0 unspecified atom stereocenters. The second-order valence-corrected chi connectivity index (χ2v) is 4.63. The highest BCUT2D eigenvalue weighted by atomic mass is 35.5. The van der Waals surface area contributed by atoms with E-state index in [0.717, 1.165) is 29.2 Å². The van der Waals surface area contributed by atoms with E-state index in [1.54, 1.807) is 4.68 Å². The molecule has 0 aliphatic rings. The van der Waals surface area contributed by atoms with Gasteiger partial charge in [0.15, 0.2) is 0 Å². The van der Waals surface area contributed by atoms with Crippen molar-refractivity contribution in [3.8, 4) is 5.75 Å². The van der Waals surface area contributed by atoms with E-state index in [2.05, 4.69) is 10.4 Å². The summed E-state index contributed by atoms with van der Waals surface area (Å²) in [6, 6.07) is 7.79. The quantitative estimate of drug-likeness (QED) is 0.913. The highest BCUT2D eigenvalue weighted by Crippen LogP contribution is 2.23. The van der Waals surface area contributed by atoms with Crippen molar-refractivity contribution in [1.29, 1.82) is 0 Å². The van der Waals surface area contributed by atoms with Crippen LogP contribution < -0.4 is 10.1 Å². The maximum Gasteiger partial charge on any atom is 0.131 e. The molecule has 1 aromatic heterocycles. The Morgan fingerprint density at radius 1 is 1.32 bits per heavy atom. The van der Waals surface area contributed by atoms with Crippen LogP contribution in [0.4, 0.5) is 5.69 Å². The van der Waals surface area contributed by atoms with Gasteiger partial charge in [-0.3, -0.25) is 4.68 Å². The smallest absolute Gasteiger partial charge is 0.131 e. The molecule has 1 N–H and O–H groups in total. The third-order valence-corrected chi connectivity index (χ3v) is 3.46. The van der Waals surface area contributed by atoms with E-state index < -0.39 is 0 Å². The highest BCUT2D eigenvalue weighted by molar-refractivity contribution is 6.31. The minimum Gasteiger partial charge on any atom is -0.487 e. The Kier molecular flexibility index (Phi) is 4.32. The summed E-state index contributed by atoms with van der Waals surface area (Å²) in [6.07, 6.45) is 0.823. The zero-order chi connectivity index (χ0) is 13.8. The van der Waals surface area contributed by atoms with Gasteiger partial charge in [0.1, 0.15) is 12.4 Å². The van der Waals surface area contributed by atoms with Gasteiger partial charge in [-0.2, -0.15) is 5.10 Å². The van der Waals surface area contributed by atoms with Crippen LogP contribution in [0.15, 0.2) is 24.3 Å². The van der Waals surface area contributed by atoms with Crippen LogP contribution in [0, 0.1) is 0 Å². The third-order valence-electron chi connectivity index (χ3n) is 3.02. The number of benzene rings is 1. The summed E-state index contributed by atoms with van der Waals surface area (Å²) < 4.78 is 7.52. The second kappa shape index (κ2) is 5.97. The molecule has 0 aliphatic carbocycles. The highest BCUT2D eigenvalue weighted by Gasteiger charge is 2.13. The molecule has 0 fully saturated rings. The van der Waals surface area contributed by atoms with Crippen molar-refractivity contribution in [1.82, 2.24) is 9.78 Å². The van der Waals surface area contributed by atoms with Crippen LogP contribution in [0.2, 0.25) is 5.02 Å². The molecule has 0 amide bonds. The molecule has 0 radical (unpaired) electrons. The van der Waals surface area contributed by atoms with Gasteiger partial charge in [0.2, 0.25) is 0 Å². The average Bonchev–Trinajstić information content (AvgIpc) is 2.72. The van der Waals surface area contributed by atoms with Crippen molar-refractivity contribution in [2.75, 3.05) is 12.4 Å². The van der Waals surface area contributed by atoms with Gasteiger partial charge in [-0.05, 0) is 30.7 Å². The Balaban J connectivity index is 2.07. The van der Waals surface area contributed by atoms with Crippen molar-refractivity contribution >= 4 is 17.3 Å². The fraction of sp³-hybridized carbons (Fsp3) is 0.357. The van der Waals surface area contributed by atoms with Crippen molar-refractivity contribution in [3.63, 3.8) is 0 Å². The van der Waals surface area contributed by atoms with Gasteiger partial charge in [0, 0.05) is 19.8 Å². The van der Waals surface area contributed by atoms with Gasteiger partial charge in [0.25, 0.3) is 0 Å². The first-order chi connectivity index (χ1) is 9.15. The number of hydrogen-bond acceptors (Lipinski definition) is 3. The van der Waals surface area contributed by atoms with Crippen LogP contribution in [-0.2, 0) is 20.1 Å². The first-order valence-corrected chi connectivity index (χ1v) is 6.64. The third kappa shape index (κ3) is 3.01. The Morgan fingerprint density at radius 2 is 2.00 bits per heavy atom. The topological polar surface area (TPSA) is 39.1 Å². The lowest BCUT2D eigenvalue weighted by Gasteiger charge is -2.08. The number of aromatic nitrogens is 2. The fourth-order valence-corrected chi connectivity index (χ4v) is 2.19. The van der Waals surface area contributed by atoms with E-state index >= 15 is 0 Å². The molecule has 19 heavy (non-hydrogen) atoms. The Bertz CT molecular complexity index is 549. The van der Waals surface area contributed by atoms with Crippen molar-refractivity contribution in [3.05, 3.63) is 40.7 Å². The summed E-state index contributed by atoms with van der Waals surface area (Å²) in [4.78, 5) is 0. The second-order valence-electron chi connectivity index (χ2n) is 4.25. The molecule has 1 aromatic carbocycles. The first kappa shape index (κ1) is 13.7. The van der Waals surface area contributed by atoms with Crippen molar-refractivity contribution in [2.45, 2.75) is 20.0 Å². The zero-order valence-corrected chi connectivity index (χ0v) is 12.2. The number of anilines is 1. The molecule has 1 heterocycles. The number of halogens is 1. The Morgan fingerprint density at radius 3 is 2.53 bits per heavy atom. The number of nitrogens with zero attached hydrogens (tertiary/aromatic N) is 2. The molecule has 0 bridgehead atoms. The largest absolute Gasteiger partial charge is 0.487 e. The summed E-state index contributed by atoms with van der Waals surface area (Å²) in [7, 11) is 3.77. The number of aryl methyl sites for hydroxylation is 2. The minimum atomic E-state index is 0.418. The molecule has 2 aromatic rings. The predicted molar refractivity (Wildman–Crippen MR) is 77.9 cm³/mol. The molecular formula is C14H18ClN3O. The monoisotopic (exact) mass is 279 g/mol. The Hall–Kier alpha value is -1.68. The molecule has 0 aliphatic heterocycles. The van der Waals surface area contributed by atoms with Gasteiger partial charge in [-0.1, -0.05) is 18.5 Å². The van der Waals surface area contributed by atoms with E-state index in [9.17, 15) is 0 Å². The van der Waals surface area contributed by atoms with Crippen LogP contribution in [0.3, 0.4) is 0 Å². The van der Waals surface area contributed by atoms with Gasteiger partial charge in [-0.25, -0.2) is 0 Å². The van der Waals surface area contributed by atoms with Crippen LogP contribution in [0.25, 0.3) is 0 Å². The lowest BCUT2D eigenvalue weighted by atomic mass is 10.3. The summed E-state index contributed by atoms with van der Waals surface area (Å²) in [5.74, 6) is 0.814. The molecule has 0 saturated carbocycles. The van der Waals surface area contributed by atoms with Crippen molar-refractivity contribution in [2.24, 2.45) is 7.05 Å². The van der Waals surface area contributed by atoms with Crippen LogP contribution in [-0.4, -0.2) is 16.8 Å². The Labute approximate surface area is 118 Å². The molecule has 2 rings (SSSR count). The average molecular weight is 280 g/mol. The summed E-state index contributed by atoms with van der Waals surface area (Å²) in [6.45, 7) is 2.45. The minimum absolute atomic E-state index is 0.418. The molecule has 0 spiro atoms. The number of hydrogen-bond donors (Lipinski definition) is 1. The molecule has 102 valence electrons. The van der Waals surface area contributed by atoms with Gasteiger partial charge in [0.05, 0.1) is 16.4 Å². The lowest BCUT2D eigenvalue weighted by molar-refractivity contribution is 0.295. The normalized spacial score (nSPS) is 10.5. The predicted octanol–water partition coefficient (Wildman–Crippen LogP) is 3.26. The zero-order valence-electron chi connectivity index (χ0n) is 11.4. The van der Waals surface area contributed by atoms with Gasteiger partial charge < -0.3 is 10.1 Å². The van der Waals surface area contributed by atoms with Gasteiger partial charge in [-0.15, -0.1) is 0 Å². The van der Waals surface area contributed by atoms with Crippen LogP contribution in [0.5, 0.6) is 5.75 Å². The van der Waals surface area contributed by atoms with E-state index in [1.807, 2.05) is 45.3 Å². The molecule has 0 atom stereocenters. The molecule has 4 nitrogen and oxygen atoms in total. The van der Waals surface area contributed by atoms with E-state index in [1.165, 1.54) is 0 Å². The summed E-state index contributed by atoms with van der Waals surface area (Å²) in [5.41, 5.74) is 2.86. The molecule has 0 saturated heterocycles. The fourth-order valence-electron chi connectivity index (χ4n) is 1.85. The summed E-state index contributed by atoms with van der Waals surface area (Å²) in [5, 5.41) is 8.13. The number of rotatable bonds is 5. The van der Waals surface area contributed by atoms with Gasteiger partial charge >= 0.3 is 0 Å². The maximum atomic E-state index is 6.27. The number of ether oxygens (including phenoxy) is 1. The van der Waals surface area contributed by atoms with Crippen molar-refractivity contribution < 1.29 is 4.74 Å². The van der Waals surface area contributed by atoms with Crippen LogP contribution >= 0.6 is 11.6 Å². The van der Waals surface area contributed by atoms with Crippen LogP contribution in [0.1, 0.15) is 18.3 Å². The first-order valence-electron chi connectivity index (χ1n) is 6.26. The van der Waals surface area contributed by atoms with E-state index in [4.69, 9.17) is 16.3 Å². The maximum absolute atomic E-state index is 6.27. The number of nitrogens with one attached hydrogen (secondary N) is 1. The summed E-state index contributed by atoms with van der Waals surface area (Å²) >= 11 is 6.27. The van der Waals surface area contributed by atoms with E-state index in [-0.39, 0.29) is 0 Å². The molecule has 5 heteroatoms. The standard InChI is InChI=1S/C14H18ClN3O/c1-4-12-14(15)13(18(3)17-12)9-19-11-7-5-10(16-2)6-8-11/h5-8,16H,4,9H2,1-3H3. The SMILES string of the molecule is CCc1nn(C)c(COc2ccc(NC)cc2)c1Cl. The lowest BCUT2D eigenvalue weighted by Crippen LogP contribution is -2.03.